The number of thioether (sulfide) groups is 1. The molecule has 0 atom stereocenters. The van der Waals surface area contributed by atoms with Crippen LogP contribution in [0.25, 0.3) is 15.9 Å². The van der Waals surface area contributed by atoms with E-state index in [1.54, 1.807) is 16.4 Å². The third-order valence-corrected chi connectivity index (χ3v) is 8.09. The number of hydrogen-bond acceptors (Lipinski definition) is 6. The van der Waals surface area contributed by atoms with Crippen molar-refractivity contribution in [2.75, 3.05) is 17.6 Å². The van der Waals surface area contributed by atoms with Gasteiger partial charge in [0.25, 0.3) is 5.56 Å². The van der Waals surface area contributed by atoms with E-state index in [0.717, 1.165) is 27.8 Å². The normalized spacial score (nSPS) is 13.0. The molecule has 0 aliphatic carbocycles. The maximum absolute atomic E-state index is 13.9. The van der Waals surface area contributed by atoms with Gasteiger partial charge in [-0.3, -0.25) is 19.0 Å². The first-order valence-corrected chi connectivity index (χ1v) is 13.2. The first-order valence-electron chi connectivity index (χ1n) is 11.4. The molecule has 0 radical (unpaired) electrons. The maximum Gasteiger partial charge on any atom is 0.267 e. The van der Waals surface area contributed by atoms with Crippen LogP contribution in [-0.2, 0) is 22.6 Å². The lowest BCUT2D eigenvalue weighted by Gasteiger charge is -2.25. The maximum atomic E-state index is 13.9. The minimum absolute atomic E-state index is 0.00606. The number of aromatic nitrogens is 2. The van der Waals surface area contributed by atoms with Crippen molar-refractivity contribution >= 4 is 50.8 Å². The number of carbonyl (C=O) groups excluding carboxylic acids is 2. The Hall–Kier alpha value is -3.50. The van der Waals surface area contributed by atoms with E-state index in [1.165, 1.54) is 35.6 Å². The van der Waals surface area contributed by atoms with Gasteiger partial charge in [0.15, 0.2) is 5.16 Å². The standard InChI is InChI=1S/C26H23FN4O3S2/c1-15-3-9-19(10-4-15)31-25(34)23-20-11-12-30(16(2)32)13-21(20)36-24(23)29-26(31)35-14-22(33)28-18-7-5-17(27)6-8-18/h3-10H,11-14H2,1-2H3,(H,28,33). The molecule has 2 aromatic carbocycles. The number of aryl methyl sites for hydroxylation is 1. The molecule has 1 N–H and O–H groups in total. The molecule has 4 aromatic rings. The van der Waals surface area contributed by atoms with Gasteiger partial charge in [0.05, 0.1) is 23.4 Å². The fraction of sp³-hybridized carbons (Fsp3) is 0.231. The van der Waals surface area contributed by atoms with Gasteiger partial charge in [-0.05, 0) is 55.3 Å². The first-order chi connectivity index (χ1) is 17.3. The second kappa shape index (κ2) is 9.87. The van der Waals surface area contributed by atoms with Crippen molar-refractivity contribution in [3.63, 3.8) is 0 Å². The molecule has 3 heterocycles. The highest BCUT2D eigenvalue weighted by Gasteiger charge is 2.26. The van der Waals surface area contributed by atoms with Crippen molar-refractivity contribution in [2.45, 2.75) is 32.0 Å². The number of fused-ring (bicyclic) bond motifs is 3. The smallest absolute Gasteiger partial charge is 0.267 e. The fourth-order valence-electron chi connectivity index (χ4n) is 4.17. The molecular formula is C26H23FN4O3S2. The summed E-state index contributed by atoms with van der Waals surface area (Å²) >= 11 is 2.59. The van der Waals surface area contributed by atoms with Gasteiger partial charge in [0.1, 0.15) is 10.6 Å². The molecule has 1 aliphatic heterocycles. The third kappa shape index (κ3) is 4.78. The summed E-state index contributed by atoms with van der Waals surface area (Å²) in [5.41, 5.74) is 2.99. The molecule has 7 nitrogen and oxygen atoms in total. The predicted octanol–water partition coefficient (Wildman–Crippen LogP) is 4.53. The highest BCUT2D eigenvalue weighted by Crippen LogP contribution is 2.34. The Balaban J connectivity index is 1.52. The SMILES string of the molecule is CC(=O)N1CCc2c(sc3nc(SCC(=O)Nc4ccc(F)cc4)n(-c4ccc(C)cc4)c(=O)c23)C1. The van der Waals surface area contributed by atoms with E-state index in [2.05, 4.69) is 5.32 Å². The number of carbonyl (C=O) groups is 2. The molecule has 0 bridgehead atoms. The Morgan fingerprint density at radius 2 is 1.86 bits per heavy atom. The van der Waals surface area contributed by atoms with Crippen molar-refractivity contribution in [2.24, 2.45) is 0 Å². The number of anilines is 1. The molecular weight excluding hydrogens is 499 g/mol. The van der Waals surface area contributed by atoms with Gasteiger partial charge in [0.2, 0.25) is 11.8 Å². The Morgan fingerprint density at radius 1 is 1.14 bits per heavy atom. The average molecular weight is 523 g/mol. The summed E-state index contributed by atoms with van der Waals surface area (Å²) in [6.07, 6.45) is 0.603. The van der Waals surface area contributed by atoms with Gasteiger partial charge >= 0.3 is 0 Å². The zero-order chi connectivity index (χ0) is 25.4. The summed E-state index contributed by atoms with van der Waals surface area (Å²) in [5.74, 6) is -0.651. The largest absolute Gasteiger partial charge is 0.337 e. The van der Waals surface area contributed by atoms with Crippen LogP contribution in [0.2, 0.25) is 0 Å². The average Bonchev–Trinajstić information content (AvgIpc) is 3.23. The van der Waals surface area contributed by atoms with E-state index in [9.17, 15) is 18.8 Å². The fourth-order valence-corrected chi connectivity index (χ4v) is 6.26. The van der Waals surface area contributed by atoms with Gasteiger partial charge in [0, 0.05) is 24.0 Å². The summed E-state index contributed by atoms with van der Waals surface area (Å²) < 4.78 is 14.7. The van der Waals surface area contributed by atoms with E-state index in [4.69, 9.17) is 4.98 Å². The highest BCUT2D eigenvalue weighted by molar-refractivity contribution is 7.99. The predicted molar refractivity (Wildman–Crippen MR) is 141 cm³/mol. The Bertz CT molecular complexity index is 1530. The highest BCUT2D eigenvalue weighted by atomic mass is 32.2. The molecule has 0 spiro atoms. The van der Waals surface area contributed by atoms with Gasteiger partial charge in [-0.2, -0.15) is 0 Å². The Labute approximate surface area is 215 Å². The van der Waals surface area contributed by atoms with Crippen LogP contribution in [0.5, 0.6) is 0 Å². The van der Waals surface area contributed by atoms with Crippen LogP contribution in [0.4, 0.5) is 10.1 Å². The molecule has 184 valence electrons. The zero-order valence-corrected chi connectivity index (χ0v) is 21.3. The summed E-state index contributed by atoms with van der Waals surface area (Å²) in [6.45, 7) is 4.56. The number of halogens is 1. The number of nitrogens with zero attached hydrogens (tertiary/aromatic N) is 3. The second-order valence-electron chi connectivity index (χ2n) is 8.59. The lowest BCUT2D eigenvalue weighted by atomic mass is 10.1. The number of benzene rings is 2. The lowest BCUT2D eigenvalue weighted by molar-refractivity contribution is -0.129. The van der Waals surface area contributed by atoms with Gasteiger partial charge in [-0.25, -0.2) is 9.37 Å². The zero-order valence-electron chi connectivity index (χ0n) is 19.7. The molecule has 2 amide bonds. The number of amides is 2. The summed E-state index contributed by atoms with van der Waals surface area (Å²) in [7, 11) is 0. The minimum Gasteiger partial charge on any atom is -0.337 e. The number of rotatable bonds is 5. The van der Waals surface area contributed by atoms with Crippen molar-refractivity contribution in [1.82, 2.24) is 14.5 Å². The van der Waals surface area contributed by atoms with Crippen LogP contribution in [-0.4, -0.2) is 38.6 Å². The molecule has 10 heteroatoms. The lowest BCUT2D eigenvalue weighted by Crippen LogP contribution is -2.34. The van der Waals surface area contributed by atoms with Crippen LogP contribution in [0.15, 0.2) is 58.5 Å². The van der Waals surface area contributed by atoms with E-state index in [-0.39, 0.29) is 28.9 Å². The van der Waals surface area contributed by atoms with Gasteiger partial charge < -0.3 is 10.2 Å². The Kier molecular flexibility index (Phi) is 6.63. The number of nitrogens with one attached hydrogen (secondary N) is 1. The van der Waals surface area contributed by atoms with Crippen LogP contribution in [0.3, 0.4) is 0 Å². The summed E-state index contributed by atoms with van der Waals surface area (Å²) in [4.78, 5) is 46.5. The van der Waals surface area contributed by atoms with Crippen LogP contribution in [0.1, 0.15) is 22.9 Å². The van der Waals surface area contributed by atoms with Crippen LogP contribution < -0.4 is 10.9 Å². The Morgan fingerprint density at radius 3 is 2.56 bits per heavy atom. The molecule has 1 aliphatic rings. The summed E-state index contributed by atoms with van der Waals surface area (Å²) in [5, 5.41) is 3.73. The first kappa shape index (κ1) is 24.2. The third-order valence-electron chi connectivity index (χ3n) is 6.04. The molecule has 0 fully saturated rings. The van der Waals surface area contributed by atoms with Crippen molar-refractivity contribution < 1.29 is 14.0 Å². The van der Waals surface area contributed by atoms with Crippen molar-refractivity contribution in [1.29, 1.82) is 0 Å². The van der Waals surface area contributed by atoms with Gasteiger partial charge in [-0.1, -0.05) is 29.5 Å². The molecule has 0 saturated carbocycles. The second-order valence-corrected chi connectivity index (χ2v) is 10.6. The molecule has 5 rings (SSSR count). The van der Waals surface area contributed by atoms with Gasteiger partial charge in [-0.15, -0.1) is 11.3 Å². The summed E-state index contributed by atoms with van der Waals surface area (Å²) in [6, 6.07) is 13.1. The number of thiophene rings is 1. The number of hydrogen-bond donors (Lipinski definition) is 1. The van der Waals surface area contributed by atoms with Crippen LogP contribution >= 0.6 is 23.1 Å². The molecule has 2 aromatic heterocycles. The van der Waals surface area contributed by atoms with E-state index >= 15 is 0 Å². The topological polar surface area (TPSA) is 84.3 Å². The van der Waals surface area contributed by atoms with Crippen LogP contribution in [0, 0.1) is 12.7 Å². The van der Waals surface area contributed by atoms with E-state index in [1.807, 2.05) is 31.2 Å². The monoisotopic (exact) mass is 522 g/mol. The molecule has 0 unspecified atom stereocenters. The van der Waals surface area contributed by atoms with E-state index < -0.39 is 0 Å². The van der Waals surface area contributed by atoms with E-state index in [0.29, 0.717) is 46.3 Å². The van der Waals surface area contributed by atoms with Crippen molar-refractivity contribution in [3.05, 3.63) is 80.7 Å². The molecule has 36 heavy (non-hydrogen) atoms. The van der Waals surface area contributed by atoms with Crippen molar-refractivity contribution in [3.8, 4) is 5.69 Å². The quantitative estimate of drug-likeness (QED) is 0.308. The molecule has 0 saturated heterocycles. The minimum atomic E-state index is -0.382.